The third kappa shape index (κ3) is 5.27. The molecule has 170 valence electrons. The van der Waals surface area contributed by atoms with Crippen molar-refractivity contribution in [3.05, 3.63) is 83.4 Å². The summed E-state index contributed by atoms with van der Waals surface area (Å²) in [5.74, 6) is -1.55. The van der Waals surface area contributed by atoms with E-state index in [0.717, 1.165) is 12.1 Å². The van der Waals surface area contributed by atoms with E-state index in [4.69, 9.17) is 9.47 Å². The van der Waals surface area contributed by atoms with Gasteiger partial charge in [0, 0.05) is 17.8 Å². The highest BCUT2D eigenvalue weighted by molar-refractivity contribution is 6.10. The lowest BCUT2D eigenvalue weighted by atomic mass is 10.1. The maximum Gasteiger partial charge on any atom is 0.257 e. The fraction of sp³-hybridized carbons (Fsp3) is 0.167. The lowest BCUT2D eigenvalue weighted by Crippen LogP contribution is -2.30. The molecule has 9 heteroatoms. The summed E-state index contributed by atoms with van der Waals surface area (Å²) in [4.78, 5) is 25.3. The number of carbonyl (C=O) groups is 2. The van der Waals surface area contributed by atoms with E-state index in [1.807, 2.05) is 0 Å². The molecule has 0 aromatic heterocycles. The number of hydrogen-bond acceptors (Lipinski definition) is 5. The molecule has 1 heterocycles. The second kappa shape index (κ2) is 9.66. The molecule has 4 rings (SSSR count). The Hall–Kier alpha value is -3.98. The van der Waals surface area contributed by atoms with Crippen LogP contribution in [0.4, 0.5) is 20.2 Å². The summed E-state index contributed by atoms with van der Waals surface area (Å²) in [6, 6.07) is 14.8. The number of nitrogens with one attached hydrogen (secondary N) is 3. The summed E-state index contributed by atoms with van der Waals surface area (Å²) in [5, 5.41) is 8.43. The predicted molar refractivity (Wildman–Crippen MR) is 118 cm³/mol. The van der Waals surface area contributed by atoms with Crippen LogP contribution < -0.4 is 25.4 Å². The summed E-state index contributed by atoms with van der Waals surface area (Å²) < 4.78 is 37.1. The topological polar surface area (TPSA) is 88.7 Å². The van der Waals surface area contributed by atoms with Crippen molar-refractivity contribution >= 4 is 23.2 Å². The fourth-order valence-electron chi connectivity index (χ4n) is 3.30. The molecule has 2 amide bonds. The molecule has 0 saturated carbocycles. The predicted octanol–water partition coefficient (Wildman–Crippen LogP) is 4.24. The van der Waals surface area contributed by atoms with Crippen LogP contribution in [-0.2, 0) is 4.79 Å². The maximum absolute atomic E-state index is 13.4. The first-order valence-corrected chi connectivity index (χ1v) is 10.2. The summed E-state index contributed by atoms with van der Waals surface area (Å²) in [6.45, 7) is 1.76. The standard InChI is InChI=1S/C24H21F2N3O4/c1-14(15-6-8-18(25)19(26)10-15)27-12-23(30)29-20-5-3-2-4-17(20)24(31)28-16-7-9-21-22(11-16)33-13-32-21/h2-11,14,27H,12-13H2,1H3,(H,28,31)(H,29,30)/t14-/m1/s1. The summed E-state index contributed by atoms with van der Waals surface area (Å²) in [6.07, 6.45) is 0. The Balaban J connectivity index is 1.38. The first kappa shape index (κ1) is 22.2. The number of anilines is 2. The number of rotatable bonds is 7. The molecule has 1 atom stereocenters. The van der Waals surface area contributed by atoms with Gasteiger partial charge in [-0.15, -0.1) is 0 Å². The van der Waals surface area contributed by atoms with Gasteiger partial charge < -0.3 is 25.4 Å². The van der Waals surface area contributed by atoms with Gasteiger partial charge in [-0.05, 0) is 48.9 Å². The lowest BCUT2D eigenvalue weighted by Gasteiger charge is -2.15. The third-order valence-electron chi connectivity index (χ3n) is 5.09. The molecule has 3 aromatic rings. The summed E-state index contributed by atoms with van der Waals surface area (Å²) in [5.41, 5.74) is 1.64. The highest BCUT2D eigenvalue weighted by Crippen LogP contribution is 2.34. The zero-order valence-corrected chi connectivity index (χ0v) is 17.7. The fourth-order valence-corrected chi connectivity index (χ4v) is 3.30. The van der Waals surface area contributed by atoms with Crippen LogP contribution in [0.3, 0.4) is 0 Å². The van der Waals surface area contributed by atoms with Crippen molar-refractivity contribution in [2.75, 3.05) is 24.0 Å². The van der Waals surface area contributed by atoms with Crippen LogP contribution in [-0.4, -0.2) is 25.2 Å². The van der Waals surface area contributed by atoms with Crippen LogP contribution in [0.2, 0.25) is 0 Å². The second-order valence-corrected chi connectivity index (χ2v) is 7.39. The first-order chi connectivity index (χ1) is 15.9. The van der Waals surface area contributed by atoms with Crippen molar-refractivity contribution in [2.45, 2.75) is 13.0 Å². The zero-order chi connectivity index (χ0) is 23.4. The van der Waals surface area contributed by atoms with E-state index in [1.54, 1.807) is 49.4 Å². The molecule has 0 fully saturated rings. The van der Waals surface area contributed by atoms with Crippen LogP contribution in [0.15, 0.2) is 60.7 Å². The van der Waals surface area contributed by atoms with Crippen molar-refractivity contribution in [2.24, 2.45) is 0 Å². The second-order valence-electron chi connectivity index (χ2n) is 7.39. The number of para-hydroxylation sites is 1. The van der Waals surface area contributed by atoms with Crippen LogP contribution in [0.5, 0.6) is 11.5 Å². The Bertz CT molecular complexity index is 1200. The molecule has 0 unspecified atom stereocenters. The molecule has 3 aromatic carbocycles. The molecule has 7 nitrogen and oxygen atoms in total. The number of carbonyl (C=O) groups excluding carboxylic acids is 2. The van der Waals surface area contributed by atoms with Crippen LogP contribution in [0.1, 0.15) is 28.9 Å². The monoisotopic (exact) mass is 453 g/mol. The minimum absolute atomic E-state index is 0.0989. The van der Waals surface area contributed by atoms with Crippen molar-refractivity contribution in [3.8, 4) is 11.5 Å². The van der Waals surface area contributed by atoms with E-state index in [0.29, 0.717) is 28.4 Å². The average molecular weight is 453 g/mol. The number of halogens is 2. The Kier molecular flexibility index (Phi) is 6.50. The number of fused-ring (bicyclic) bond motifs is 1. The van der Waals surface area contributed by atoms with Gasteiger partial charge in [-0.1, -0.05) is 18.2 Å². The van der Waals surface area contributed by atoms with Gasteiger partial charge in [-0.25, -0.2) is 8.78 Å². The third-order valence-corrected chi connectivity index (χ3v) is 5.09. The largest absolute Gasteiger partial charge is 0.454 e. The van der Waals surface area contributed by atoms with Crippen molar-refractivity contribution < 1.29 is 27.8 Å². The highest BCUT2D eigenvalue weighted by atomic mass is 19.2. The number of ether oxygens (including phenoxy) is 2. The maximum atomic E-state index is 13.4. The average Bonchev–Trinajstić information content (AvgIpc) is 3.27. The van der Waals surface area contributed by atoms with E-state index >= 15 is 0 Å². The van der Waals surface area contributed by atoms with Gasteiger partial charge in [0.05, 0.1) is 17.8 Å². The summed E-state index contributed by atoms with van der Waals surface area (Å²) >= 11 is 0. The minimum atomic E-state index is -0.951. The molecule has 1 aliphatic rings. The van der Waals surface area contributed by atoms with Crippen molar-refractivity contribution in [1.29, 1.82) is 0 Å². The van der Waals surface area contributed by atoms with Gasteiger partial charge in [0.2, 0.25) is 12.7 Å². The van der Waals surface area contributed by atoms with Gasteiger partial charge in [-0.2, -0.15) is 0 Å². The van der Waals surface area contributed by atoms with E-state index in [2.05, 4.69) is 16.0 Å². The lowest BCUT2D eigenvalue weighted by molar-refractivity contribution is -0.115. The number of hydrogen-bond donors (Lipinski definition) is 3. The number of amides is 2. The van der Waals surface area contributed by atoms with Gasteiger partial charge >= 0.3 is 0 Å². The van der Waals surface area contributed by atoms with Gasteiger partial charge in [0.15, 0.2) is 23.1 Å². The first-order valence-electron chi connectivity index (χ1n) is 10.2. The molecule has 0 spiro atoms. The van der Waals surface area contributed by atoms with Crippen molar-refractivity contribution in [1.82, 2.24) is 5.32 Å². The van der Waals surface area contributed by atoms with E-state index in [9.17, 15) is 18.4 Å². The summed E-state index contributed by atoms with van der Waals surface area (Å²) in [7, 11) is 0. The van der Waals surface area contributed by atoms with Crippen LogP contribution in [0.25, 0.3) is 0 Å². The number of benzene rings is 3. The molecule has 0 bridgehead atoms. The zero-order valence-electron chi connectivity index (χ0n) is 17.7. The van der Waals surface area contributed by atoms with Gasteiger partial charge in [0.1, 0.15) is 0 Å². The quantitative estimate of drug-likeness (QED) is 0.498. The van der Waals surface area contributed by atoms with Gasteiger partial charge in [0.25, 0.3) is 5.91 Å². The van der Waals surface area contributed by atoms with Crippen molar-refractivity contribution in [3.63, 3.8) is 0 Å². The smallest absolute Gasteiger partial charge is 0.257 e. The molecule has 0 aliphatic carbocycles. The molecule has 1 aliphatic heterocycles. The molecule has 0 saturated heterocycles. The Morgan fingerprint density at radius 1 is 0.939 bits per heavy atom. The van der Waals surface area contributed by atoms with E-state index < -0.39 is 29.5 Å². The Morgan fingerprint density at radius 2 is 1.73 bits per heavy atom. The van der Waals surface area contributed by atoms with Crippen LogP contribution in [0, 0.1) is 11.6 Å². The molecular formula is C24H21F2N3O4. The molecule has 3 N–H and O–H groups in total. The van der Waals surface area contributed by atoms with E-state index in [-0.39, 0.29) is 18.9 Å². The molecular weight excluding hydrogens is 432 g/mol. The van der Waals surface area contributed by atoms with Gasteiger partial charge in [-0.3, -0.25) is 9.59 Å². The Morgan fingerprint density at radius 3 is 2.55 bits per heavy atom. The molecule has 33 heavy (non-hydrogen) atoms. The minimum Gasteiger partial charge on any atom is -0.454 e. The van der Waals surface area contributed by atoms with E-state index in [1.165, 1.54) is 6.07 Å². The normalized spacial score (nSPS) is 12.8. The highest BCUT2D eigenvalue weighted by Gasteiger charge is 2.17. The molecule has 0 radical (unpaired) electrons. The Labute approximate surface area is 188 Å². The van der Waals surface area contributed by atoms with Crippen LogP contribution >= 0.6 is 0 Å². The SMILES string of the molecule is C[C@@H](NCC(=O)Nc1ccccc1C(=O)Nc1ccc2c(c1)OCO2)c1ccc(F)c(F)c1.